The van der Waals surface area contributed by atoms with Gasteiger partial charge in [-0.3, -0.25) is 0 Å². The van der Waals surface area contributed by atoms with Crippen LogP contribution >= 0.6 is 11.3 Å². The second-order valence-corrected chi connectivity index (χ2v) is 7.63. The molecule has 1 heterocycles. The number of carbonyl (C=O) groups excluding carboxylic acids is 1. The van der Waals surface area contributed by atoms with E-state index < -0.39 is 0 Å². The number of para-hydroxylation sites is 1. The van der Waals surface area contributed by atoms with Gasteiger partial charge in [-0.2, -0.15) is 0 Å². The molecule has 0 saturated carbocycles. The molecule has 0 radical (unpaired) electrons. The van der Waals surface area contributed by atoms with Gasteiger partial charge in [-0.1, -0.05) is 56.3 Å². The molecule has 0 spiro atoms. The zero-order valence-electron chi connectivity index (χ0n) is 14.8. The van der Waals surface area contributed by atoms with Crippen molar-refractivity contribution in [3.05, 3.63) is 65.2 Å². The molecule has 0 aliphatic rings. The molecule has 1 atom stereocenters. The van der Waals surface area contributed by atoms with Crippen LogP contribution in [0.2, 0.25) is 0 Å². The lowest BCUT2D eigenvalue weighted by molar-refractivity contribution is 0.199. The van der Waals surface area contributed by atoms with Crippen molar-refractivity contribution in [3.8, 4) is 0 Å². The molecule has 0 aliphatic heterocycles. The van der Waals surface area contributed by atoms with Gasteiger partial charge in [0.1, 0.15) is 5.01 Å². The van der Waals surface area contributed by atoms with Crippen molar-refractivity contribution in [1.82, 2.24) is 15.2 Å². The molecule has 2 amide bonds. The van der Waals surface area contributed by atoms with Crippen molar-refractivity contribution in [2.45, 2.75) is 26.4 Å². The lowest BCUT2D eigenvalue weighted by Crippen LogP contribution is -2.40. The van der Waals surface area contributed by atoms with Crippen LogP contribution in [0.3, 0.4) is 0 Å². The number of fused-ring (bicyclic) bond motifs is 1. The summed E-state index contributed by atoms with van der Waals surface area (Å²) < 4.78 is 1.15. The Balaban J connectivity index is 1.68. The summed E-state index contributed by atoms with van der Waals surface area (Å²) in [6.07, 6.45) is 0. The predicted molar refractivity (Wildman–Crippen MR) is 104 cm³/mol. The molecule has 4 nitrogen and oxygen atoms in total. The molecule has 3 rings (SSSR count). The lowest BCUT2D eigenvalue weighted by atomic mass is 9.96. The summed E-state index contributed by atoms with van der Waals surface area (Å²) >= 11 is 1.63. The minimum Gasteiger partial charge on any atom is -0.331 e. The highest BCUT2D eigenvalue weighted by atomic mass is 32.1. The molecule has 1 aromatic heterocycles. The Kier molecular flexibility index (Phi) is 5.34. The van der Waals surface area contributed by atoms with Crippen molar-refractivity contribution in [1.29, 1.82) is 0 Å². The van der Waals surface area contributed by atoms with Crippen LogP contribution < -0.4 is 5.32 Å². The third-order valence-electron chi connectivity index (χ3n) is 4.16. The number of benzene rings is 2. The standard InChI is InChI=1S/C20H23N3OS/c1-14(2)19(15-9-5-4-6-10-15)22-20(24)23(3)13-18-21-16-11-7-8-12-17(16)25-18/h4-12,14,19H,13H2,1-3H3,(H,22,24). The van der Waals surface area contributed by atoms with Gasteiger partial charge in [0.05, 0.1) is 22.8 Å². The smallest absolute Gasteiger partial charge is 0.318 e. The minimum absolute atomic E-state index is 0.00785. The maximum atomic E-state index is 12.6. The predicted octanol–water partition coefficient (Wildman–Crippen LogP) is 4.84. The van der Waals surface area contributed by atoms with E-state index in [1.54, 1.807) is 16.2 Å². The van der Waals surface area contributed by atoms with Crippen molar-refractivity contribution in [3.63, 3.8) is 0 Å². The normalized spacial score (nSPS) is 12.3. The molecule has 1 N–H and O–H groups in total. The summed E-state index contributed by atoms with van der Waals surface area (Å²) in [5.74, 6) is 0.308. The van der Waals surface area contributed by atoms with Crippen molar-refractivity contribution in [2.24, 2.45) is 5.92 Å². The van der Waals surface area contributed by atoms with Gasteiger partial charge in [0, 0.05) is 7.05 Å². The fourth-order valence-corrected chi connectivity index (χ4v) is 3.82. The van der Waals surface area contributed by atoms with Gasteiger partial charge in [-0.25, -0.2) is 9.78 Å². The number of thiazole rings is 1. The van der Waals surface area contributed by atoms with Crippen LogP contribution in [-0.4, -0.2) is 23.0 Å². The van der Waals surface area contributed by atoms with E-state index in [-0.39, 0.29) is 12.1 Å². The molecule has 0 saturated heterocycles. The van der Waals surface area contributed by atoms with E-state index in [1.165, 1.54) is 0 Å². The van der Waals surface area contributed by atoms with Crippen LogP contribution in [0.4, 0.5) is 4.79 Å². The Labute approximate surface area is 152 Å². The largest absolute Gasteiger partial charge is 0.331 e. The van der Waals surface area contributed by atoms with Gasteiger partial charge in [-0.15, -0.1) is 11.3 Å². The topological polar surface area (TPSA) is 45.2 Å². The van der Waals surface area contributed by atoms with Crippen molar-refractivity contribution in [2.75, 3.05) is 7.05 Å². The van der Waals surface area contributed by atoms with Crippen LogP contribution in [0.1, 0.15) is 30.5 Å². The first-order valence-electron chi connectivity index (χ1n) is 8.45. The van der Waals surface area contributed by atoms with Crippen LogP contribution in [0.15, 0.2) is 54.6 Å². The van der Waals surface area contributed by atoms with Gasteiger partial charge >= 0.3 is 6.03 Å². The minimum atomic E-state index is -0.0817. The third kappa shape index (κ3) is 4.17. The van der Waals surface area contributed by atoms with Gasteiger partial charge in [0.2, 0.25) is 0 Å². The Hall–Kier alpha value is -2.40. The van der Waals surface area contributed by atoms with Crippen LogP contribution in [0.5, 0.6) is 0 Å². The number of rotatable bonds is 5. The number of hydrogen-bond acceptors (Lipinski definition) is 3. The van der Waals surface area contributed by atoms with E-state index in [0.29, 0.717) is 12.5 Å². The monoisotopic (exact) mass is 353 g/mol. The molecule has 1 unspecified atom stereocenters. The molecule has 0 fully saturated rings. The van der Waals surface area contributed by atoms with Gasteiger partial charge in [-0.05, 0) is 23.6 Å². The molecular formula is C20H23N3OS. The van der Waals surface area contributed by atoms with Gasteiger partial charge < -0.3 is 10.2 Å². The Morgan fingerprint density at radius 3 is 2.48 bits per heavy atom. The van der Waals surface area contributed by atoms with E-state index in [4.69, 9.17) is 0 Å². The number of nitrogens with one attached hydrogen (secondary N) is 1. The average molecular weight is 353 g/mol. The highest BCUT2D eigenvalue weighted by molar-refractivity contribution is 7.18. The SMILES string of the molecule is CC(C)C(NC(=O)N(C)Cc1nc2ccccc2s1)c1ccccc1. The summed E-state index contributed by atoms with van der Waals surface area (Å²) in [7, 11) is 1.81. The quantitative estimate of drug-likeness (QED) is 0.714. The summed E-state index contributed by atoms with van der Waals surface area (Å²) in [4.78, 5) is 18.9. The Bertz CT molecular complexity index is 811. The number of carbonyl (C=O) groups is 1. The Morgan fingerprint density at radius 1 is 1.12 bits per heavy atom. The summed E-state index contributed by atoms with van der Waals surface area (Å²) in [5.41, 5.74) is 2.11. The lowest BCUT2D eigenvalue weighted by Gasteiger charge is -2.26. The van der Waals surface area contributed by atoms with Gasteiger partial charge in [0.25, 0.3) is 0 Å². The van der Waals surface area contributed by atoms with Crippen LogP contribution in [0, 0.1) is 5.92 Å². The summed E-state index contributed by atoms with van der Waals surface area (Å²) in [6, 6.07) is 18.1. The number of hydrogen-bond donors (Lipinski definition) is 1. The fourth-order valence-electron chi connectivity index (χ4n) is 2.80. The number of aromatic nitrogens is 1. The van der Waals surface area contributed by atoms with E-state index in [2.05, 4.69) is 42.3 Å². The van der Waals surface area contributed by atoms with E-state index in [9.17, 15) is 4.79 Å². The maximum absolute atomic E-state index is 12.6. The summed E-state index contributed by atoms with van der Waals surface area (Å²) in [6.45, 7) is 4.74. The number of nitrogens with zero attached hydrogens (tertiary/aromatic N) is 2. The Morgan fingerprint density at radius 2 is 1.80 bits per heavy atom. The molecule has 3 aromatic rings. The van der Waals surface area contributed by atoms with Crippen molar-refractivity contribution >= 4 is 27.6 Å². The van der Waals surface area contributed by atoms with E-state index >= 15 is 0 Å². The maximum Gasteiger partial charge on any atom is 0.318 e. The first-order chi connectivity index (χ1) is 12.0. The molecule has 0 aliphatic carbocycles. The molecule has 130 valence electrons. The molecule has 2 aromatic carbocycles. The molecule has 0 bridgehead atoms. The molecular weight excluding hydrogens is 330 g/mol. The van der Waals surface area contributed by atoms with Gasteiger partial charge in [0.15, 0.2) is 0 Å². The molecule has 5 heteroatoms. The van der Waals surface area contributed by atoms with Crippen molar-refractivity contribution < 1.29 is 4.79 Å². The van der Waals surface area contributed by atoms with E-state index in [1.807, 2.05) is 43.4 Å². The summed E-state index contributed by atoms with van der Waals surface area (Å²) in [5, 5.41) is 4.09. The second-order valence-electron chi connectivity index (χ2n) is 6.51. The first-order valence-corrected chi connectivity index (χ1v) is 9.27. The molecule has 25 heavy (non-hydrogen) atoms. The van der Waals surface area contributed by atoms with Crippen LogP contribution in [-0.2, 0) is 6.54 Å². The number of amides is 2. The number of urea groups is 1. The third-order valence-corrected chi connectivity index (χ3v) is 5.18. The zero-order valence-corrected chi connectivity index (χ0v) is 15.6. The van der Waals surface area contributed by atoms with Crippen LogP contribution in [0.25, 0.3) is 10.2 Å². The average Bonchev–Trinajstić information content (AvgIpc) is 3.02. The highest BCUT2D eigenvalue weighted by Crippen LogP contribution is 2.24. The van der Waals surface area contributed by atoms with E-state index in [0.717, 1.165) is 20.8 Å². The second kappa shape index (κ2) is 7.66. The fraction of sp³-hybridized carbons (Fsp3) is 0.300. The zero-order chi connectivity index (χ0) is 17.8. The first kappa shape index (κ1) is 17.4. The highest BCUT2D eigenvalue weighted by Gasteiger charge is 2.20.